The zero-order valence-corrected chi connectivity index (χ0v) is 32.2. The number of nitrogens with one attached hydrogen (secondary N) is 2. The monoisotopic (exact) mass is 763 g/mol. The van der Waals surface area contributed by atoms with Gasteiger partial charge in [0.1, 0.15) is 18.2 Å². The van der Waals surface area contributed by atoms with Crippen LogP contribution in [0.4, 0.5) is 0 Å². The summed E-state index contributed by atoms with van der Waals surface area (Å²) in [6.07, 6.45) is -0.105. The third-order valence-electron chi connectivity index (χ3n) is 7.68. The summed E-state index contributed by atoms with van der Waals surface area (Å²) in [6, 6.07) is 0. The van der Waals surface area contributed by atoms with Crippen molar-refractivity contribution in [3.8, 4) is 0 Å². The fourth-order valence-corrected chi connectivity index (χ4v) is 4.70. The lowest BCUT2D eigenvalue weighted by Gasteiger charge is -2.37. The number of hydrogen-bond acceptors (Lipinski definition) is 15. The Morgan fingerprint density at radius 2 is 1.49 bits per heavy atom. The summed E-state index contributed by atoms with van der Waals surface area (Å²) in [4.78, 5) is 53.8. The van der Waals surface area contributed by atoms with Crippen LogP contribution in [0.2, 0.25) is 0 Å². The first-order valence-corrected chi connectivity index (χ1v) is 18.7. The molecule has 0 saturated carbocycles. The van der Waals surface area contributed by atoms with Crippen molar-refractivity contribution in [1.82, 2.24) is 20.8 Å². The third-order valence-corrected chi connectivity index (χ3v) is 7.68. The Morgan fingerprint density at radius 1 is 0.868 bits per heavy atom. The molecule has 1 heterocycles. The van der Waals surface area contributed by atoms with Crippen molar-refractivity contribution in [3.63, 3.8) is 0 Å². The summed E-state index contributed by atoms with van der Waals surface area (Å²) in [5.41, 5.74) is 11.2. The number of ether oxygens (including phenoxy) is 6. The molecule has 0 aromatic carbocycles. The molecule has 1 aliphatic heterocycles. The van der Waals surface area contributed by atoms with Gasteiger partial charge in [0.25, 0.3) is 0 Å². The maximum Gasteiger partial charge on any atom is 0.224 e. The second-order valence-corrected chi connectivity index (χ2v) is 12.8. The van der Waals surface area contributed by atoms with Crippen molar-refractivity contribution in [1.29, 1.82) is 0 Å². The van der Waals surface area contributed by atoms with Gasteiger partial charge in [-0.2, -0.15) is 5.48 Å². The number of hydrogen-bond donors (Lipinski definition) is 3. The lowest BCUT2D eigenvalue weighted by atomic mass is 10.1. The molecular formula is C34H65N7O12. The van der Waals surface area contributed by atoms with E-state index in [1.807, 2.05) is 27.7 Å². The largest absolute Gasteiger partial charge is 0.379 e. The Kier molecular flexibility index (Phi) is 30.1. The summed E-state index contributed by atoms with van der Waals surface area (Å²) >= 11 is 0. The second kappa shape index (κ2) is 32.9. The molecular weight excluding hydrogens is 698 g/mol. The van der Waals surface area contributed by atoms with Crippen molar-refractivity contribution in [2.75, 3.05) is 119 Å². The first-order chi connectivity index (χ1) is 25.7. The lowest BCUT2D eigenvalue weighted by Crippen LogP contribution is -2.55. The van der Waals surface area contributed by atoms with Crippen LogP contribution in [0.25, 0.3) is 10.4 Å². The molecule has 308 valence electrons. The van der Waals surface area contributed by atoms with Gasteiger partial charge < -0.3 is 43.7 Å². The van der Waals surface area contributed by atoms with E-state index in [1.165, 1.54) is 5.06 Å². The van der Waals surface area contributed by atoms with E-state index in [1.54, 1.807) is 4.90 Å². The minimum atomic E-state index is -0.912. The number of aliphatic hydroxyl groups excluding tert-OH is 1. The number of Topliss-reactive ketones (excluding diaryl/α,β-unsaturated/α-hetero) is 1. The standard InChI is InChI=1S/C34H65N7O12/c1-28(2)33-38-52-26-24-47-15-8-31(43)36-10-13-40(12-5-6-30(42)7-14-46-25-27-53-41(33)34(45)29(3)4)32(44)9-16-48-18-20-50-22-23-51-21-19-49-17-11-37-39-35/h28-29,33-34,38,45H,5-27H2,1-4H3,(H,36,43). The minimum Gasteiger partial charge on any atom is -0.379 e. The highest BCUT2D eigenvalue weighted by atomic mass is 16.7. The Labute approximate surface area is 314 Å². The second-order valence-electron chi connectivity index (χ2n) is 12.8. The SMILES string of the molecule is CC(C)C(O)N1OCCOCCC(=O)CCCN(C(=O)CCOCCOCCOCCOCCN=[N+]=[N-])CCNC(=O)CCOCCONC1C(C)C. The highest BCUT2D eigenvalue weighted by Crippen LogP contribution is 2.17. The molecule has 3 N–H and O–H groups in total. The maximum atomic E-state index is 13.0. The molecule has 2 amide bonds. The number of ketones is 1. The highest BCUT2D eigenvalue weighted by Gasteiger charge is 2.31. The van der Waals surface area contributed by atoms with Crippen LogP contribution in [-0.2, 0) is 52.5 Å². The van der Waals surface area contributed by atoms with Gasteiger partial charge in [-0.1, -0.05) is 32.8 Å². The number of carbonyl (C=O) groups excluding carboxylic acids is 3. The van der Waals surface area contributed by atoms with Gasteiger partial charge in [0.15, 0.2) is 0 Å². The van der Waals surface area contributed by atoms with Crippen molar-refractivity contribution >= 4 is 17.6 Å². The van der Waals surface area contributed by atoms with Crippen molar-refractivity contribution in [3.05, 3.63) is 10.4 Å². The number of aliphatic hydroxyl groups is 1. The Morgan fingerprint density at radius 3 is 2.13 bits per heavy atom. The van der Waals surface area contributed by atoms with Gasteiger partial charge in [0.2, 0.25) is 11.8 Å². The van der Waals surface area contributed by atoms with Crippen LogP contribution in [0.3, 0.4) is 0 Å². The molecule has 0 aromatic heterocycles. The van der Waals surface area contributed by atoms with Gasteiger partial charge in [0.05, 0.1) is 98.9 Å². The highest BCUT2D eigenvalue weighted by molar-refractivity contribution is 5.79. The van der Waals surface area contributed by atoms with Gasteiger partial charge in [0, 0.05) is 50.4 Å². The summed E-state index contributed by atoms with van der Waals surface area (Å²) in [5, 5.41) is 18.5. The van der Waals surface area contributed by atoms with E-state index in [0.29, 0.717) is 65.8 Å². The maximum absolute atomic E-state index is 13.0. The summed E-state index contributed by atoms with van der Waals surface area (Å²) in [5.74, 6) is -0.443. The van der Waals surface area contributed by atoms with E-state index in [-0.39, 0.29) is 114 Å². The molecule has 0 aromatic rings. The Hall–Kier alpha value is -2.52. The third kappa shape index (κ3) is 26.0. The predicted molar refractivity (Wildman–Crippen MR) is 193 cm³/mol. The van der Waals surface area contributed by atoms with Crippen molar-refractivity contribution in [2.45, 2.75) is 72.2 Å². The lowest BCUT2D eigenvalue weighted by molar-refractivity contribution is -0.302. The summed E-state index contributed by atoms with van der Waals surface area (Å²) in [7, 11) is 0. The number of rotatable bonds is 18. The predicted octanol–water partition coefficient (Wildman–Crippen LogP) is 1.59. The minimum absolute atomic E-state index is 0.00859. The molecule has 2 unspecified atom stereocenters. The summed E-state index contributed by atoms with van der Waals surface area (Å²) in [6.45, 7) is 13.0. The molecule has 0 spiro atoms. The zero-order valence-electron chi connectivity index (χ0n) is 32.2. The molecule has 53 heavy (non-hydrogen) atoms. The van der Waals surface area contributed by atoms with Crippen LogP contribution >= 0.6 is 0 Å². The molecule has 19 heteroatoms. The molecule has 0 aliphatic carbocycles. The topological polar surface area (TPSA) is 225 Å². The van der Waals surface area contributed by atoms with E-state index >= 15 is 0 Å². The van der Waals surface area contributed by atoms with E-state index in [9.17, 15) is 19.5 Å². The van der Waals surface area contributed by atoms with E-state index in [2.05, 4.69) is 20.8 Å². The van der Waals surface area contributed by atoms with Gasteiger partial charge in [-0.05, 0) is 23.8 Å². The Balaban J connectivity index is 2.52. The first kappa shape index (κ1) is 48.5. The van der Waals surface area contributed by atoms with Crippen LogP contribution in [-0.4, -0.2) is 164 Å². The fraction of sp³-hybridized carbons (Fsp3) is 0.912. The molecule has 19 nitrogen and oxygen atoms in total. The number of hydroxylamine groups is 3. The van der Waals surface area contributed by atoms with Crippen LogP contribution in [0.5, 0.6) is 0 Å². The van der Waals surface area contributed by atoms with Crippen LogP contribution in [0, 0.1) is 11.8 Å². The van der Waals surface area contributed by atoms with E-state index < -0.39 is 12.4 Å². The van der Waals surface area contributed by atoms with E-state index in [0.717, 1.165) is 0 Å². The van der Waals surface area contributed by atoms with E-state index in [4.69, 9.17) is 43.6 Å². The Bertz CT molecular complexity index is 1010. The van der Waals surface area contributed by atoms with Gasteiger partial charge in [-0.25, -0.2) is 0 Å². The first-order valence-electron chi connectivity index (χ1n) is 18.7. The molecule has 0 bridgehead atoms. The average molecular weight is 764 g/mol. The normalized spacial score (nSPS) is 19.8. The smallest absolute Gasteiger partial charge is 0.224 e. The molecule has 1 fully saturated rings. The van der Waals surface area contributed by atoms with Gasteiger partial charge in [-0.15, -0.1) is 5.06 Å². The summed E-state index contributed by atoms with van der Waals surface area (Å²) < 4.78 is 32.9. The van der Waals surface area contributed by atoms with Crippen molar-refractivity contribution in [2.24, 2.45) is 17.0 Å². The fourth-order valence-electron chi connectivity index (χ4n) is 4.70. The van der Waals surface area contributed by atoms with Gasteiger partial charge >= 0.3 is 0 Å². The molecule has 1 aliphatic rings. The van der Waals surface area contributed by atoms with Crippen LogP contribution in [0.1, 0.15) is 59.8 Å². The zero-order chi connectivity index (χ0) is 38.9. The van der Waals surface area contributed by atoms with Crippen LogP contribution < -0.4 is 10.8 Å². The molecule has 2 atom stereocenters. The number of amides is 2. The molecule has 0 radical (unpaired) electrons. The quantitative estimate of drug-likeness (QED) is 0.0781. The molecule has 1 saturated heterocycles. The molecule has 1 rings (SSSR count). The number of azide groups is 1. The number of nitrogens with zero attached hydrogens (tertiary/aromatic N) is 5. The van der Waals surface area contributed by atoms with Crippen molar-refractivity contribution < 1.29 is 57.6 Å². The number of carbonyl (C=O) groups is 3. The van der Waals surface area contributed by atoms with Gasteiger partial charge in [-0.3, -0.25) is 24.1 Å². The average Bonchev–Trinajstić information content (AvgIpc) is 3.12. The van der Waals surface area contributed by atoms with Crippen LogP contribution in [0.15, 0.2) is 5.11 Å².